The molecule has 0 heterocycles. The van der Waals surface area contributed by atoms with Crippen LogP contribution in [0.5, 0.6) is 0 Å². The van der Waals surface area contributed by atoms with Crippen LogP contribution in [0.1, 0.15) is 98.8 Å². The number of carbonyl (C=O) groups is 2. The summed E-state index contributed by atoms with van der Waals surface area (Å²) in [6.45, 7) is 16.3. The first-order valence-corrected chi connectivity index (χ1v) is 15.2. The Morgan fingerprint density at radius 2 is 1.58 bits per heavy atom. The highest BCUT2D eigenvalue weighted by atomic mass is 16.5. The van der Waals surface area contributed by atoms with Crippen molar-refractivity contribution in [2.75, 3.05) is 20.8 Å². The van der Waals surface area contributed by atoms with E-state index >= 15 is 0 Å². The SMILES string of the molecule is C=C(C)[C@@H]1CC[C@]2(C)CC[C@]3(CO)[C@H](CC[C@@H]4[C@@]5(C)CC[C@@H](C(=O)OC)[C@](C)(C(=O)OC)[C@@H]5CC[C@]43C)[C@@H]12. The largest absolute Gasteiger partial charge is 0.469 e. The van der Waals surface area contributed by atoms with Crippen molar-refractivity contribution in [1.82, 2.24) is 0 Å². The van der Waals surface area contributed by atoms with Gasteiger partial charge in [0.25, 0.3) is 0 Å². The van der Waals surface area contributed by atoms with E-state index in [1.54, 1.807) is 0 Å². The number of aliphatic hydroxyl groups excluding tert-OH is 1. The molecule has 0 aromatic rings. The number of allylic oxidation sites excluding steroid dienone is 1. The molecule has 0 aromatic heterocycles. The van der Waals surface area contributed by atoms with Gasteiger partial charge in [-0.25, -0.2) is 0 Å². The van der Waals surface area contributed by atoms with Crippen LogP contribution in [-0.2, 0) is 19.1 Å². The molecule has 38 heavy (non-hydrogen) atoms. The van der Waals surface area contributed by atoms with E-state index in [1.165, 1.54) is 39.1 Å². The van der Waals surface area contributed by atoms with Crippen molar-refractivity contribution < 1.29 is 24.2 Å². The molecule has 0 amide bonds. The Balaban J connectivity index is 1.57. The van der Waals surface area contributed by atoms with Crippen LogP contribution in [0, 0.1) is 62.6 Å². The Labute approximate surface area is 230 Å². The van der Waals surface area contributed by atoms with Gasteiger partial charge in [-0.3, -0.25) is 9.59 Å². The summed E-state index contributed by atoms with van der Waals surface area (Å²) < 4.78 is 10.6. The van der Waals surface area contributed by atoms with E-state index in [-0.39, 0.29) is 40.7 Å². The second-order valence-corrected chi connectivity index (χ2v) is 15.1. The molecule has 0 spiro atoms. The lowest BCUT2D eigenvalue weighted by Crippen LogP contribution is -2.69. The molecule has 214 valence electrons. The maximum atomic E-state index is 13.5. The highest BCUT2D eigenvalue weighted by Gasteiger charge is 2.73. The van der Waals surface area contributed by atoms with E-state index in [1.807, 2.05) is 6.92 Å². The van der Waals surface area contributed by atoms with E-state index in [4.69, 9.17) is 9.47 Å². The zero-order valence-electron chi connectivity index (χ0n) is 25.0. The molecule has 0 aliphatic heterocycles. The monoisotopic (exact) mass is 528 g/mol. The number of carbonyl (C=O) groups excluding carboxylic acids is 2. The second kappa shape index (κ2) is 9.08. The Bertz CT molecular complexity index is 1010. The Hall–Kier alpha value is -1.36. The zero-order chi connectivity index (χ0) is 27.9. The van der Waals surface area contributed by atoms with Crippen molar-refractivity contribution in [1.29, 1.82) is 0 Å². The molecule has 5 aliphatic rings. The number of hydrogen-bond acceptors (Lipinski definition) is 5. The number of rotatable bonds is 4. The predicted molar refractivity (Wildman–Crippen MR) is 148 cm³/mol. The van der Waals surface area contributed by atoms with E-state index in [0.717, 1.165) is 38.5 Å². The van der Waals surface area contributed by atoms with Gasteiger partial charge in [-0.15, -0.1) is 0 Å². The van der Waals surface area contributed by atoms with Crippen molar-refractivity contribution in [3.63, 3.8) is 0 Å². The molecular formula is C33H52O5. The van der Waals surface area contributed by atoms with E-state index in [2.05, 4.69) is 34.3 Å². The smallest absolute Gasteiger partial charge is 0.312 e. The number of hydrogen-bond donors (Lipinski definition) is 1. The zero-order valence-corrected chi connectivity index (χ0v) is 25.0. The molecule has 5 nitrogen and oxygen atoms in total. The van der Waals surface area contributed by atoms with Crippen LogP contribution in [0.4, 0.5) is 0 Å². The van der Waals surface area contributed by atoms with Crippen molar-refractivity contribution in [2.24, 2.45) is 62.6 Å². The van der Waals surface area contributed by atoms with Crippen LogP contribution in [0.3, 0.4) is 0 Å². The molecule has 0 radical (unpaired) electrons. The molecule has 0 bridgehead atoms. The third-order valence-electron chi connectivity index (χ3n) is 14.2. The molecule has 5 rings (SSSR count). The Kier molecular flexibility index (Phi) is 6.73. The van der Waals surface area contributed by atoms with Crippen LogP contribution >= 0.6 is 0 Å². The molecule has 0 unspecified atom stereocenters. The summed E-state index contributed by atoms with van der Waals surface area (Å²) in [4.78, 5) is 26.4. The number of aliphatic hydroxyl groups is 1. The van der Waals surface area contributed by atoms with Gasteiger partial charge in [0.15, 0.2) is 0 Å². The summed E-state index contributed by atoms with van der Waals surface area (Å²) in [7, 11) is 2.88. The minimum absolute atomic E-state index is 0.00536. The highest BCUT2D eigenvalue weighted by molar-refractivity contribution is 5.86. The molecular weight excluding hydrogens is 476 g/mol. The van der Waals surface area contributed by atoms with Gasteiger partial charge in [-0.1, -0.05) is 32.9 Å². The van der Waals surface area contributed by atoms with Crippen LogP contribution < -0.4 is 0 Å². The summed E-state index contributed by atoms with van der Waals surface area (Å²) in [6.07, 6.45) is 10.5. The first-order valence-electron chi connectivity index (χ1n) is 15.2. The fourth-order valence-corrected chi connectivity index (χ4v) is 12.4. The quantitative estimate of drug-likeness (QED) is 0.330. The summed E-state index contributed by atoms with van der Waals surface area (Å²) in [6, 6.07) is 0. The van der Waals surface area contributed by atoms with Gasteiger partial charge in [0.1, 0.15) is 0 Å². The topological polar surface area (TPSA) is 72.8 Å². The lowest BCUT2D eigenvalue weighted by atomic mass is 9.31. The van der Waals surface area contributed by atoms with E-state index in [0.29, 0.717) is 35.5 Å². The van der Waals surface area contributed by atoms with Gasteiger partial charge in [0.2, 0.25) is 0 Å². The predicted octanol–water partition coefficient (Wildman–Crippen LogP) is 6.58. The van der Waals surface area contributed by atoms with Gasteiger partial charge in [0, 0.05) is 12.0 Å². The minimum atomic E-state index is -0.902. The van der Waals surface area contributed by atoms with Gasteiger partial charge in [-0.2, -0.15) is 0 Å². The molecule has 11 atom stereocenters. The summed E-state index contributed by atoms with van der Waals surface area (Å²) in [5.41, 5.74) is 0.560. The average Bonchev–Trinajstić information content (AvgIpc) is 3.25. The summed E-state index contributed by atoms with van der Waals surface area (Å²) in [5, 5.41) is 11.4. The van der Waals surface area contributed by atoms with Crippen molar-refractivity contribution in [3.8, 4) is 0 Å². The standard InChI is InChI=1S/C33H52O5/c1-20(2)21-11-14-29(3)17-18-33(19-34)22(26(21)29)9-10-24-30(4)15-12-23(27(35)37-7)32(6,28(36)38-8)25(30)13-16-31(24,33)5/h21-26,34H,1,9-19H2,2-8H3/t21-,22+,23-,24+,25+,26+,29+,30+,31+,32-,33-/m0/s1. The molecule has 5 fully saturated rings. The fourth-order valence-electron chi connectivity index (χ4n) is 12.4. The van der Waals surface area contributed by atoms with Gasteiger partial charge < -0.3 is 14.6 Å². The number of fused-ring (bicyclic) bond motifs is 7. The van der Waals surface area contributed by atoms with Crippen molar-refractivity contribution in [3.05, 3.63) is 12.2 Å². The van der Waals surface area contributed by atoms with Crippen LogP contribution in [-0.4, -0.2) is 37.9 Å². The molecule has 1 N–H and O–H groups in total. The van der Waals surface area contributed by atoms with Gasteiger partial charge >= 0.3 is 11.9 Å². The second-order valence-electron chi connectivity index (χ2n) is 15.1. The maximum Gasteiger partial charge on any atom is 0.312 e. The lowest BCUT2D eigenvalue weighted by Gasteiger charge is -2.73. The normalized spacial score (nSPS) is 51.6. The molecule has 5 aliphatic carbocycles. The van der Waals surface area contributed by atoms with E-state index < -0.39 is 11.3 Å². The first-order chi connectivity index (χ1) is 17.8. The van der Waals surface area contributed by atoms with Crippen LogP contribution in [0.2, 0.25) is 0 Å². The van der Waals surface area contributed by atoms with Crippen molar-refractivity contribution in [2.45, 2.75) is 98.8 Å². The van der Waals surface area contributed by atoms with Gasteiger partial charge in [0.05, 0.1) is 25.6 Å². The molecule has 5 heteroatoms. The lowest BCUT2D eigenvalue weighted by molar-refractivity contribution is -0.259. The summed E-state index contributed by atoms with van der Waals surface area (Å²) in [5.74, 6) is 1.07. The molecule has 0 saturated heterocycles. The van der Waals surface area contributed by atoms with Crippen molar-refractivity contribution >= 4 is 11.9 Å². The minimum Gasteiger partial charge on any atom is -0.469 e. The summed E-state index contributed by atoms with van der Waals surface area (Å²) >= 11 is 0. The maximum absolute atomic E-state index is 13.5. The fraction of sp³-hybridized carbons (Fsp3) is 0.879. The Morgan fingerprint density at radius 3 is 2.18 bits per heavy atom. The van der Waals surface area contributed by atoms with Crippen LogP contribution in [0.25, 0.3) is 0 Å². The number of methoxy groups -OCH3 is 2. The van der Waals surface area contributed by atoms with Crippen LogP contribution in [0.15, 0.2) is 12.2 Å². The highest BCUT2D eigenvalue weighted by Crippen LogP contribution is 2.77. The molecule has 5 saturated carbocycles. The average molecular weight is 529 g/mol. The number of ether oxygens (including phenoxy) is 2. The third kappa shape index (κ3) is 3.32. The number of esters is 2. The first kappa shape index (κ1) is 28.2. The van der Waals surface area contributed by atoms with Gasteiger partial charge in [-0.05, 0) is 124 Å². The van der Waals surface area contributed by atoms with E-state index in [9.17, 15) is 14.7 Å². The third-order valence-corrected chi connectivity index (χ3v) is 14.2. The molecule has 0 aromatic carbocycles. The Morgan fingerprint density at radius 1 is 0.868 bits per heavy atom.